The Morgan fingerprint density at radius 2 is 0.667 bits per heavy atom. The average Bonchev–Trinajstić information content (AvgIpc) is 3.28. The molecule has 0 spiro atoms. The van der Waals surface area contributed by atoms with Crippen molar-refractivity contribution in [2.75, 3.05) is 11.5 Å². The van der Waals surface area contributed by atoms with E-state index in [1.54, 1.807) is 24.3 Å². The molecule has 0 atom stereocenters. The Hall–Kier alpha value is -8.94. The lowest BCUT2D eigenvalue weighted by Crippen LogP contribution is -2.00. The van der Waals surface area contributed by atoms with Crippen LogP contribution < -0.4 is 20.9 Å². The first-order valence-corrected chi connectivity index (χ1v) is 18.9. The van der Waals surface area contributed by atoms with Gasteiger partial charge in [0.1, 0.15) is 34.5 Å². The summed E-state index contributed by atoms with van der Waals surface area (Å²) >= 11 is 0. The summed E-state index contributed by atoms with van der Waals surface area (Å²) in [5.74, 6) is 28.2. The molecule has 284 valence electrons. The molecule has 8 rings (SSSR count). The van der Waals surface area contributed by atoms with E-state index in [-0.39, 0.29) is 22.9 Å². The summed E-state index contributed by atoms with van der Waals surface area (Å²) in [6.45, 7) is 0. The van der Waals surface area contributed by atoms with E-state index in [0.717, 1.165) is 22.3 Å². The number of benzene rings is 8. The third kappa shape index (κ3) is 8.86. The van der Waals surface area contributed by atoms with Crippen molar-refractivity contribution in [3.05, 3.63) is 214 Å². The van der Waals surface area contributed by atoms with E-state index in [1.165, 1.54) is 12.1 Å². The minimum absolute atomic E-state index is 0.0788. The van der Waals surface area contributed by atoms with Crippen LogP contribution in [0.25, 0.3) is 10.8 Å². The Balaban J connectivity index is 1.53. The highest BCUT2D eigenvalue weighted by atomic mass is 16.5. The second-order valence-corrected chi connectivity index (χ2v) is 13.5. The third-order valence-corrected chi connectivity index (χ3v) is 9.23. The van der Waals surface area contributed by atoms with Crippen LogP contribution in [-0.2, 0) is 0 Å². The molecule has 0 aromatic heterocycles. The summed E-state index contributed by atoms with van der Waals surface area (Å²) in [7, 11) is 0. The zero-order chi connectivity index (χ0) is 41.3. The average molecular weight is 775 g/mol. The molecule has 0 unspecified atom stereocenters. The van der Waals surface area contributed by atoms with Crippen molar-refractivity contribution in [1.29, 1.82) is 0 Å². The number of rotatable bonds is 4. The summed E-state index contributed by atoms with van der Waals surface area (Å²) in [5.41, 5.74) is 18.0. The van der Waals surface area contributed by atoms with Crippen LogP contribution in [-0.4, -0.2) is 10.2 Å². The van der Waals surface area contributed by atoms with Gasteiger partial charge in [0.15, 0.2) is 0 Å². The van der Waals surface area contributed by atoms with Crippen LogP contribution in [0.1, 0.15) is 44.5 Å². The number of phenolic OH excluding ortho intramolecular Hbond substituents is 2. The Bertz CT molecular complexity index is 2920. The smallest absolute Gasteiger partial charge is 0.138 e. The van der Waals surface area contributed by atoms with Crippen molar-refractivity contribution in [3.63, 3.8) is 0 Å². The standard InChI is InChI=1S/C54H34N2O4/c55-47-35-43(27-31-49(47)57)59-51-33-41(25-21-37-13-5-1-6-14-37)45(29-23-39-17-9-3-10-18-39)53-52(60-44-28-32-50(58)48(56)36-44)34-42(26-22-38-15-7-2-8-16-38)46(54(51)53)30-24-40-19-11-4-12-20-40/h1-20,27-28,31-36,57-58H,55-56H2. The van der Waals surface area contributed by atoms with Gasteiger partial charge in [-0.2, -0.15) is 0 Å². The summed E-state index contributed by atoms with van der Waals surface area (Å²) in [4.78, 5) is 0. The summed E-state index contributed by atoms with van der Waals surface area (Å²) in [6.07, 6.45) is 0. The van der Waals surface area contributed by atoms with Gasteiger partial charge in [0, 0.05) is 56.3 Å². The molecule has 8 aromatic rings. The maximum absolute atomic E-state index is 10.3. The largest absolute Gasteiger partial charge is 0.506 e. The molecule has 0 aliphatic heterocycles. The summed E-state index contributed by atoms with van der Waals surface area (Å²) in [6, 6.07) is 51.6. The lowest BCUT2D eigenvalue weighted by molar-refractivity contribution is 0.467. The molecule has 60 heavy (non-hydrogen) atoms. The molecule has 0 saturated heterocycles. The topological polar surface area (TPSA) is 111 Å². The molecular weight excluding hydrogens is 741 g/mol. The van der Waals surface area contributed by atoms with Crippen LogP contribution in [0.2, 0.25) is 0 Å². The highest BCUT2D eigenvalue weighted by Gasteiger charge is 2.23. The van der Waals surface area contributed by atoms with Crippen molar-refractivity contribution >= 4 is 22.1 Å². The number of phenols is 2. The molecule has 6 nitrogen and oxygen atoms in total. The fraction of sp³-hybridized carbons (Fsp3) is 0. The zero-order valence-electron chi connectivity index (χ0n) is 32.0. The predicted molar refractivity (Wildman–Crippen MR) is 239 cm³/mol. The van der Waals surface area contributed by atoms with Gasteiger partial charge in [-0.1, -0.05) is 120 Å². The minimum Gasteiger partial charge on any atom is -0.506 e. The van der Waals surface area contributed by atoms with E-state index < -0.39 is 0 Å². The molecule has 0 saturated carbocycles. The summed E-state index contributed by atoms with van der Waals surface area (Å²) in [5, 5.41) is 21.7. The quantitative estimate of drug-likeness (QED) is 0.0805. The molecule has 6 N–H and O–H groups in total. The van der Waals surface area contributed by atoms with E-state index in [4.69, 9.17) is 20.9 Å². The van der Waals surface area contributed by atoms with Crippen LogP contribution in [0, 0.1) is 47.4 Å². The number of aromatic hydroxyl groups is 2. The molecule has 6 heteroatoms. The van der Waals surface area contributed by atoms with Gasteiger partial charge in [0.05, 0.1) is 22.5 Å². The van der Waals surface area contributed by atoms with Gasteiger partial charge in [0.2, 0.25) is 0 Å². The molecule has 0 aliphatic rings. The molecule has 0 bridgehead atoms. The van der Waals surface area contributed by atoms with E-state index >= 15 is 0 Å². The first-order chi connectivity index (χ1) is 29.4. The minimum atomic E-state index is -0.0788. The van der Waals surface area contributed by atoms with Gasteiger partial charge in [-0.05, 0) is 84.9 Å². The zero-order valence-corrected chi connectivity index (χ0v) is 32.0. The van der Waals surface area contributed by atoms with E-state index in [9.17, 15) is 10.2 Å². The Kier molecular flexibility index (Phi) is 11.0. The van der Waals surface area contributed by atoms with Crippen LogP contribution in [0.5, 0.6) is 34.5 Å². The molecule has 0 fully saturated rings. The SMILES string of the molecule is Nc1cc(Oc2cc(C#Cc3ccccc3)c(C#Cc3ccccc3)c3c(Oc4ccc(O)c(N)c4)cc(C#Cc4ccccc4)c(C#Cc4ccccc4)c23)ccc1O. The predicted octanol–water partition coefficient (Wildman–Crippen LogP) is 10.6. The number of hydrogen-bond donors (Lipinski definition) is 4. The number of anilines is 2. The van der Waals surface area contributed by atoms with Crippen molar-refractivity contribution in [3.8, 4) is 81.9 Å². The first-order valence-electron chi connectivity index (χ1n) is 18.9. The van der Waals surface area contributed by atoms with Gasteiger partial charge in [-0.3, -0.25) is 0 Å². The lowest BCUT2D eigenvalue weighted by atomic mass is 9.91. The molecule has 0 amide bonds. The second kappa shape index (κ2) is 17.5. The maximum atomic E-state index is 10.3. The lowest BCUT2D eigenvalue weighted by Gasteiger charge is -2.19. The number of nitrogen functional groups attached to an aromatic ring is 2. The van der Waals surface area contributed by atoms with Crippen molar-refractivity contribution in [2.45, 2.75) is 0 Å². The highest BCUT2D eigenvalue weighted by Crippen LogP contribution is 2.45. The third-order valence-electron chi connectivity index (χ3n) is 9.23. The Morgan fingerprint density at radius 3 is 0.983 bits per heavy atom. The van der Waals surface area contributed by atoms with Gasteiger partial charge < -0.3 is 31.2 Å². The van der Waals surface area contributed by atoms with Crippen LogP contribution in [0.15, 0.2) is 170 Å². The van der Waals surface area contributed by atoms with Crippen LogP contribution in [0.3, 0.4) is 0 Å². The number of ether oxygens (including phenoxy) is 2. The summed E-state index contributed by atoms with van der Waals surface area (Å²) < 4.78 is 13.5. The monoisotopic (exact) mass is 774 g/mol. The fourth-order valence-corrected chi connectivity index (χ4v) is 6.26. The van der Waals surface area contributed by atoms with Gasteiger partial charge in [0.25, 0.3) is 0 Å². The number of nitrogens with two attached hydrogens (primary N) is 2. The molecule has 0 heterocycles. The Morgan fingerprint density at radius 1 is 0.350 bits per heavy atom. The van der Waals surface area contributed by atoms with Gasteiger partial charge >= 0.3 is 0 Å². The van der Waals surface area contributed by atoms with Crippen LogP contribution in [0.4, 0.5) is 11.4 Å². The molecule has 0 aliphatic carbocycles. The molecular formula is C54H34N2O4. The van der Waals surface area contributed by atoms with Crippen molar-refractivity contribution in [1.82, 2.24) is 0 Å². The van der Waals surface area contributed by atoms with Gasteiger partial charge in [-0.15, -0.1) is 0 Å². The Labute approximate surface area is 348 Å². The van der Waals surface area contributed by atoms with E-state index in [0.29, 0.717) is 56.0 Å². The van der Waals surface area contributed by atoms with E-state index in [2.05, 4.69) is 47.4 Å². The highest BCUT2D eigenvalue weighted by molar-refractivity contribution is 6.05. The van der Waals surface area contributed by atoms with Crippen LogP contribution >= 0.6 is 0 Å². The van der Waals surface area contributed by atoms with E-state index in [1.807, 2.05) is 133 Å². The van der Waals surface area contributed by atoms with Crippen molar-refractivity contribution < 1.29 is 19.7 Å². The molecule has 0 radical (unpaired) electrons. The fourth-order valence-electron chi connectivity index (χ4n) is 6.26. The van der Waals surface area contributed by atoms with Gasteiger partial charge in [-0.25, -0.2) is 0 Å². The van der Waals surface area contributed by atoms with Crippen molar-refractivity contribution in [2.24, 2.45) is 0 Å². The first kappa shape index (κ1) is 38.0. The maximum Gasteiger partial charge on any atom is 0.138 e. The number of fused-ring (bicyclic) bond motifs is 1. The molecule has 8 aromatic carbocycles. The number of hydrogen-bond acceptors (Lipinski definition) is 6. The normalized spacial score (nSPS) is 10.1. The second-order valence-electron chi connectivity index (χ2n) is 13.5.